The molecule has 3 heterocycles. The Morgan fingerprint density at radius 3 is 2.58 bits per heavy atom. The van der Waals surface area contributed by atoms with Crippen molar-refractivity contribution in [1.29, 1.82) is 0 Å². The van der Waals surface area contributed by atoms with E-state index < -0.39 is 30.3 Å². The number of aliphatic hydroxyl groups is 3. The van der Waals surface area contributed by atoms with Crippen LogP contribution in [0.1, 0.15) is 29.6 Å². The first kappa shape index (κ1) is 28.9. The Morgan fingerprint density at radius 2 is 1.95 bits per heavy atom. The maximum Gasteiger partial charge on any atom is 0.406 e. The summed E-state index contributed by atoms with van der Waals surface area (Å²) < 4.78 is 46.2. The van der Waals surface area contributed by atoms with Crippen LogP contribution in [-0.4, -0.2) is 72.5 Å². The van der Waals surface area contributed by atoms with Crippen LogP contribution in [0.2, 0.25) is 0 Å². The van der Waals surface area contributed by atoms with Crippen LogP contribution in [-0.2, 0) is 22.6 Å². The molecule has 0 atom stereocenters. The number of fused-ring (bicyclic) bond motifs is 1. The Labute approximate surface area is 223 Å². The van der Waals surface area contributed by atoms with Crippen molar-refractivity contribution < 1.29 is 42.8 Å². The Balaban J connectivity index is 1.80. The van der Waals surface area contributed by atoms with Gasteiger partial charge < -0.3 is 35.3 Å². The predicted molar refractivity (Wildman–Crippen MR) is 132 cm³/mol. The lowest BCUT2D eigenvalue weighted by atomic mass is 10.2. The van der Waals surface area contributed by atoms with E-state index in [9.17, 15) is 42.9 Å². The van der Waals surface area contributed by atoms with Gasteiger partial charge in [0.05, 0.1) is 16.8 Å². The lowest BCUT2D eigenvalue weighted by molar-refractivity contribution is -0.323. The fraction of sp³-hybridized carbons (Fsp3) is 0.435. The van der Waals surface area contributed by atoms with Crippen LogP contribution in [0.5, 0.6) is 0 Å². The molecule has 0 saturated heterocycles. The summed E-state index contributed by atoms with van der Waals surface area (Å²) in [5.74, 6) is -1.99. The third-order valence-electron chi connectivity index (χ3n) is 5.83. The van der Waals surface area contributed by atoms with E-state index >= 15 is 0 Å². The Hall–Kier alpha value is -4.06. The second kappa shape index (κ2) is 11.2. The number of rotatable bonds is 11. The van der Waals surface area contributed by atoms with E-state index in [1.54, 1.807) is 0 Å². The zero-order chi connectivity index (χ0) is 29.2. The van der Waals surface area contributed by atoms with E-state index in [1.165, 1.54) is 29.2 Å². The molecule has 14 nitrogen and oxygen atoms in total. The van der Waals surface area contributed by atoms with Gasteiger partial charge in [-0.25, -0.2) is 4.98 Å². The van der Waals surface area contributed by atoms with Crippen molar-refractivity contribution in [2.75, 3.05) is 24.4 Å². The first-order valence-corrected chi connectivity index (χ1v) is 12.0. The van der Waals surface area contributed by atoms with E-state index in [2.05, 4.69) is 20.7 Å². The number of nitrogens with one attached hydrogen (secondary N) is 3. The first-order valence-electron chi connectivity index (χ1n) is 12.0. The fourth-order valence-electron chi connectivity index (χ4n) is 3.89. The summed E-state index contributed by atoms with van der Waals surface area (Å²) in [5, 5.41) is 38.5. The minimum atomic E-state index is -4.68. The first-order chi connectivity index (χ1) is 18.8. The van der Waals surface area contributed by atoms with Crippen molar-refractivity contribution in [3.8, 4) is 0 Å². The highest BCUT2D eigenvalue weighted by Gasteiger charge is 2.31. The SMILES string of the molecule is COCCCn1nc(Nc2cc(NC(=O)C3CC3)ncc2C(=O)NC(O)(O)O)c2c(=O)n(CC(F)(F)F)ccc21. The summed E-state index contributed by atoms with van der Waals surface area (Å²) in [5.41, 5.74) is -1.38. The van der Waals surface area contributed by atoms with Crippen LogP contribution >= 0.6 is 0 Å². The standard InChI is InChI=1S/C23H26F3N7O7/c1-40-8-2-6-33-15-5-7-32(11-22(24,25)26)21(36)17(15)18(31-33)28-14-9-16(29-19(34)12-3-4-12)27-10-13(14)20(35)30-23(37,38)39/h5,7,9-10,12,37-39H,2-4,6,8,11H2,1H3,(H,30,35)(H2,27,28,29,31,34). The summed E-state index contributed by atoms with van der Waals surface area (Å²) in [6.45, 7) is -0.996. The van der Waals surface area contributed by atoms with Crippen molar-refractivity contribution in [1.82, 2.24) is 24.6 Å². The number of nitrogens with zero attached hydrogens (tertiary/aromatic N) is 4. The van der Waals surface area contributed by atoms with Crippen LogP contribution in [0.25, 0.3) is 10.9 Å². The van der Waals surface area contributed by atoms with E-state index in [4.69, 9.17) is 4.74 Å². The average Bonchev–Trinajstić information content (AvgIpc) is 3.63. The Bertz CT molecular complexity index is 1480. The largest absolute Gasteiger partial charge is 0.406 e. The Morgan fingerprint density at radius 1 is 1.23 bits per heavy atom. The van der Waals surface area contributed by atoms with Gasteiger partial charge in [-0.15, -0.1) is 0 Å². The molecule has 0 radical (unpaired) electrons. The minimum Gasteiger partial charge on any atom is -0.385 e. The minimum absolute atomic E-state index is 0.0162. The number of aromatic nitrogens is 4. The molecule has 17 heteroatoms. The lowest BCUT2D eigenvalue weighted by Gasteiger charge is -2.17. The van der Waals surface area contributed by atoms with Crippen LogP contribution in [0.3, 0.4) is 0 Å². The number of methoxy groups -OCH3 is 1. The molecule has 1 aliphatic carbocycles. The number of carbonyl (C=O) groups is 2. The highest BCUT2D eigenvalue weighted by atomic mass is 19.4. The second-order valence-electron chi connectivity index (χ2n) is 9.14. The maximum atomic E-state index is 13.2. The van der Waals surface area contributed by atoms with Crippen LogP contribution in [0.15, 0.2) is 29.3 Å². The number of hydrogen-bond acceptors (Lipinski definition) is 10. The molecule has 0 bridgehead atoms. The number of carbonyl (C=O) groups excluding carboxylic acids is 2. The normalized spacial score (nSPS) is 13.9. The van der Waals surface area contributed by atoms with Gasteiger partial charge in [-0.2, -0.15) is 18.3 Å². The maximum absolute atomic E-state index is 13.2. The number of alkyl halides is 3. The molecule has 216 valence electrons. The van der Waals surface area contributed by atoms with Crippen LogP contribution in [0, 0.1) is 5.92 Å². The summed E-state index contributed by atoms with van der Waals surface area (Å²) in [6, 6.07) is 2.49. The van der Waals surface area contributed by atoms with Crippen molar-refractivity contribution >= 4 is 40.0 Å². The molecule has 1 fully saturated rings. The molecule has 1 saturated carbocycles. The summed E-state index contributed by atoms with van der Waals surface area (Å²) >= 11 is 0. The molecular formula is C23H26F3N7O7. The molecule has 0 aliphatic heterocycles. The average molecular weight is 569 g/mol. The second-order valence-corrected chi connectivity index (χ2v) is 9.14. The van der Waals surface area contributed by atoms with Gasteiger partial charge in [-0.3, -0.25) is 24.4 Å². The third-order valence-corrected chi connectivity index (χ3v) is 5.83. The number of aryl methyl sites for hydroxylation is 1. The molecule has 0 aromatic carbocycles. The Kier molecular flexibility index (Phi) is 8.10. The van der Waals surface area contributed by atoms with Gasteiger partial charge in [0.1, 0.15) is 17.7 Å². The van der Waals surface area contributed by atoms with E-state index in [1.807, 2.05) is 0 Å². The number of anilines is 3. The monoisotopic (exact) mass is 569 g/mol. The molecule has 0 unspecified atom stereocenters. The zero-order valence-corrected chi connectivity index (χ0v) is 21.0. The lowest BCUT2D eigenvalue weighted by Crippen LogP contribution is -2.48. The number of amides is 2. The van der Waals surface area contributed by atoms with Crippen molar-refractivity contribution in [2.45, 2.75) is 44.6 Å². The molecule has 0 spiro atoms. The predicted octanol–water partition coefficient (Wildman–Crippen LogP) is 0.602. The van der Waals surface area contributed by atoms with Crippen molar-refractivity contribution in [3.63, 3.8) is 0 Å². The van der Waals surface area contributed by atoms with Gasteiger partial charge in [0.15, 0.2) is 5.82 Å². The topological polar surface area (TPSA) is 193 Å². The molecule has 2 amide bonds. The van der Waals surface area contributed by atoms with Crippen LogP contribution < -0.4 is 21.5 Å². The number of pyridine rings is 2. The number of hydrogen-bond donors (Lipinski definition) is 6. The summed E-state index contributed by atoms with van der Waals surface area (Å²) in [7, 11) is 1.49. The van der Waals surface area contributed by atoms with E-state index in [0.717, 1.165) is 12.4 Å². The highest BCUT2D eigenvalue weighted by Crippen LogP contribution is 2.31. The van der Waals surface area contributed by atoms with Gasteiger partial charge in [0, 0.05) is 44.6 Å². The van der Waals surface area contributed by atoms with Crippen LogP contribution in [0.4, 0.5) is 30.5 Å². The molecule has 40 heavy (non-hydrogen) atoms. The molecule has 3 aromatic rings. The number of ether oxygens (including phenoxy) is 1. The third kappa shape index (κ3) is 7.12. The van der Waals surface area contributed by atoms with Gasteiger partial charge >= 0.3 is 12.3 Å². The van der Waals surface area contributed by atoms with Gasteiger partial charge in [0.25, 0.3) is 11.5 Å². The quantitative estimate of drug-likeness (QED) is 0.141. The molecule has 1 aliphatic rings. The number of halogens is 3. The smallest absolute Gasteiger partial charge is 0.385 e. The van der Waals surface area contributed by atoms with Crippen molar-refractivity contribution in [2.24, 2.45) is 5.92 Å². The summed E-state index contributed by atoms with van der Waals surface area (Å²) in [6.07, 6.45) is -4.49. The highest BCUT2D eigenvalue weighted by molar-refractivity contribution is 6.02. The summed E-state index contributed by atoms with van der Waals surface area (Å²) in [4.78, 5) is 42.0. The van der Waals surface area contributed by atoms with Gasteiger partial charge in [-0.05, 0) is 25.3 Å². The molecule has 4 rings (SSSR count). The molecule has 3 aromatic heterocycles. The van der Waals surface area contributed by atoms with Crippen molar-refractivity contribution in [3.05, 3.63) is 40.4 Å². The van der Waals surface area contributed by atoms with E-state index in [0.29, 0.717) is 30.4 Å². The molecule has 6 N–H and O–H groups in total. The van der Waals surface area contributed by atoms with Gasteiger partial charge in [0.2, 0.25) is 5.91 Å². The fourth-order valence-corrected chi connectivity index (χ4v) is 3.89. The van der Waals surface area contributed by atoms with E-state index in [-0.39, 0.29) is 52.2 Å². The molecular weight excluding hydrogens is 543 g/mol. The zero-order valence-electron chi connectivity index (χ0n) is 21.0. The van der Waals surface area contributed by atoms with Gasteiger partial charge in [-0.1, -0.05) is 0 Å².